The number of H-pyrrole nitrogens is 1. The van der Waals surface area contributed by atoms with E-state index in [9.17, 15) is 5.11 Å². The molecule has 3 atom stereocenters. The Bertz CT molecular complexity index is 433. The summed E-state index contributed by atoms with van der Waals surface area (Å²) in [6.45, 7) is 4.04. The maximum atomic E-state index is 10.3. The van der Waals surface area contributed by atoms with Crippen LogP contribution in [0.25, 0.3) is 0 Å². The Hall–Kier alpha value is -0.940. The number of aromatic nitrogens is 3. The summed E-state index contributed by atoms with van der Waals surface area (Å²) in [5.41, 5.74) is 0. The van der Waals surface area contributed by atoms with Crippen molar-refractivity contribution in [3.8, 4) is 0 Å². The van der Waals surface area contributed by atoms with Gasteiger partial charge in [0, 0.05) is 18.4 Å². The average molecular weight is 278 g/mol. The number of aromatic amines is 1. The number of nitrogens with zero attached hydrogens (tertiary/aromatic N) is 3. The molecule has 20 heavy (non-hydrogen) atoms. The van der Waals surface area contributed by atoms with Gasteiger partial charge in [0.1, 0.15) is 11.6 Å². The van der Waals surface area contributed by atoms with Crippen LogP contribution in [0.4, 0.5) is 0 Å². The van der Waals surface area contributed by atoms with Gasteiger partial charge >= 0.3 is 0 Å². The van der Waals surface area contributed by atoms with E-state index in [1.165, 1.54) is 32.1 Å². The monoisotopic (exact) mass is 278 g/mol. The molecule has 1 saturated carbocycles. The van der Waals surface area contributed by atoms with Crippen LogP contribution in [0.2, 0.25) is 0 Å². The minimum atomic E-state index is -0.102. The van der Waals surface area contributed by atoms with Gasteiger partial charge < -0.3 is 5.11 Å². The van der Waals surface area contributed by atoms with Gasteiger partial charge in [-0.05, 0) is 32.2 Å². The molecule has 112 valence electrons. The molecule has 1 aromatic heterocycles. The molecular formula is C15H26N4O. The summed E-state index contributed by atoms with van der Waals surface area (Å²) in [4.78, 5) is 7.02. The lowest BCUT2D eigenvalue weighted by Crippen LogP contribution is -2.42. The highest BCUT2D eigenvalue weighted by Gasteiger charge is 2.37. The third-order valence-electron chi connectivity index (χ3n) is 4.94. The zero-order valence-corrected chi connectivity index (χ0v) is 12.4. The Morgan fingerprint density at radius 2 is 2.10 bits per heavy atom. The Labute approximate surface area is 120 Å². The van der Waals surface area contributed by atoms with E-state index in [1.807, 2.05) is 0 Å². The summed E-state index contributed by atoms with van der Waals surface area (Å²) in [5, 5.41) is 17.6. The van der Waals surface area contributed by atoms with Crippen LogP contribution in [-0.4, -0.2) is 43.9 Å². The summed E-state index contributed by atoms with van der Waals surface area (Å²) in [6, 6.07) is 0.528. The first kappa shape index (κ1) is 14.0. The lowest BCUT2D eigenvalue weighted by atomic mass is 9.80. The highest BCUT2D eigenvalue weighted by Crippen LogP contribution is 2.35. The summed E-state index contributed by atoms with van der Waals surface area (Å²) in [6.07, 6.45) is 7.85. The van der Waals surface area contributed by atoms with Crippen molar-refractivity contribution in [2.45, 2.75) is 70.6 Å². The molecule has 0 spiro atoms. The van der Waals surface area contributed by atoms with Crippen molar-refractivity contribution < 1.29 is 5.11 Å². The van der Waals surface area contributed by atoms with Crippen LogP contribution in [0.1, 0.15) is 57.1 Å². The fourth-order valence-corrected chi connectivity index (χ4v) is 3.88. The summed E-state index contributed by atoms with van der Waals surface area (Å²) in [7, 11) is 0. The Balaban J connectivity index is 1.65. The van der Waals surface area contributed by atoms with Crippen LogP contribution in [0.3, 0.4) is 0 Å². The minimum Gasteiger partial charge on any atom is -0.393 e. The average Bonchev–Trinajstić information content (AvgIpc) is 3.09. The van der Waals surface area contributed by atoms with E-state index in [0.717, 1.165) is 37.6 Å². The van der Waals surface area contributed by atoms with Crippen molar-refractivity contribution in [2.24, 2.45) is 5.92 Å². The third-order valence-corrected chi connectivity index (χ3v) is 4.94. The maximum absolute atomic E-state index is 10.3. The van der Waals surface area contributed by atoms with Gasteiger partial charge in [0.25, 0.3) is 0 Å². The first-order chi connectivity index (χ1) is 9.78. The van der Waals surface area contributed by atoms with Gasteiger partial charge in [0.15, 0.2) is 0 Å². The number of aliphatic hydroxyl groups excluding tert-OH is 1. The first-order valence-corrected chi connectivity index (χ1v) is 8.10. The minimum absolute atomic E-state index is 0.102. The predicted octanol–water partition coefficient (Wildman–Crippen LogP) is 1.88. The molecule has 1 saturated heterocycles. The maximum Gasteiger partial charge on any atom is 0.150 e. The summed E-state index contributed by atoms with van der Waals surface area (Å²) >= 11 is 0. The van der Waals surface area contributed by atoms with Gasteiger partial charge in [-0.15, -0.1) is 0 Å². The van der Waals surface area contributed by atoms with E-state index in [4.69, 9.17) is 0 Å². The van der Waals surface area contributed by atoms with Crippen molar-refractivity contribution >= 4 is 0 Å². The fourth-order valence-electron chi connectivity index (χ4n) is 3.88. The van der Waals surface area contributed by atoms with Crippen molar-refractivity contribution in [3.05, 3.63) is 11.6 Å². The quantitative estimate of drug-likeness (QED) is 0.882. The van der Waals surface area contributed by atoms with Gasteiger partial charge in [-0.25, -0.2) is 4.98 Å². The molecule has 0 amide bonds. The lowest BCUT2D eigenvalue weighted by molar-refractivity contribution is 0.0196. The summed E-state index contributed by atoms with van der Waals surface area (Å²) in [5.74, 6) is 2.33. The topological polar surface area (TPSA) is 65.0 Å². The van der Waals surface area contributed by atoms with Crippen molar-refractivity contribution in [1.29, 1.82) is 0 Å². The molecule has 0 radical (unpaired) electrons. The number of aryl methyl sites for hydroxylation is 1. The molecule has 2 fully saturated rings. The SMILES string of the molecule is CCc1n[nH]c(CN2CCCC2C2CCCCC2O)n1. The fraction of sp³-hybridized carbons (Fsp3) is 0.867. The molecule has 0 aromatic carbocycles. The van der Waals surface area contributed by atoms with Gasteiger partial charge in [-0.2, -0.15) is 5.10 Å². The zero-order valence-electron chi connectivity index (χ0n) is 12.4. The van der Waals surface area contributed by atoms with E-state index in [1.54, 1.807) is 0 Å². The van der Waals surface area contributed by atoms with E-state index in [2.05, 4.69) is 27.0 Å². The van der Waals surface area contributed by atoms with E-state index >= 15 is 0 Å². The molecule has 0 bridgehead atoms. The molecule has 1 aliphatic heterocycles. The molecule has 3 rings (SSSR count). The highest BCUT2D eigenvalue weighted by atomic mass is 16.3. The zero-order chi connectivity index (χ0) is 13.9. The first-order valence-electron chi connectivity index (χ1n) is 8.10. The Kier molecular flexibility index (Phi) is 4.36. The molecule has 5 nitrogen and oxygen atoms in total. The highest BCUT2D eigenvalue weighted by molar-refractivity contribution is 4.95. The molecule has 2 heterocycles. The smallest absolute Gasteiger partial charge is 0.150 e. The number of rotatable bonds is 4. The van der Waals surface area contributed by atoms with E-state index < -0.39 is 0 Å². The molecule has 1 aliphatic carbocycles. The lowest BCUT2D eigenvalue weighted by Gasteiger charge is -2.36. The van der Waals surface area contributed by atoms with Crippen LogP contribution in [0, 0.1) is 5.92 Å². The molecule has 5 heteroatoms. The normalized spacial score (nSPS) is 31.8. The molecule has 2 aliphatic rings. The van der Waals surface area contributed by atoms with Gasteiger partial charge in [0.2, 0.25) is 0 Å². The van der Waals surface area contributed by atoms with Crippen LogP contribution in [0.15, 0.2) is 0 Å². The number of likely N-dealkylation sites (tertiary alicyclic amines) is 1. The molecular weight excluding hydrogens is 252 g/mol. The standard InChI is InChI=1S/C15H26N4O/c1-2-14-16-15(18-17-14)10-19-9-5-7-12(19)11-6-3-4-8-13(11)20/h11-13,20H,2-10H2,1H3,(H,16,17,18). The number of aliphatic hydroxyl groups is 1. The second kappa shape index (κ2) is 6.22. The van der Waals surface area contributed by atoms with Crippen LogP contribution < -0.4 is 0 Å². The second-order valence-corrected chi connectivity index (χ2v) is 6.25. The second-order valence-electron chi connectivity index (χ2n) is 6.25. The van der Waals surface area contributed by atoms with Gasteiger partial charge in [0.05, 0.1) is 12.6 Å². The Morgan fingerprint density at radius 3 is 2.85 bits per heavy atom. The largest absolute Gasteiger partial charge is 0.393 e. The van der Waals surface area contributed by atoms with Crippen LogP contribution in [0.5, 0.6) is 0 Å². The van der Waals surface area contributed by atoms with Crippen LogP contribution >= 0.6 is 0 Å². The number of hydrogen-bond acceptors (Lipinski definition) is 4. The number of nitrogens with one attached hydrogen (secondary N) is 1. The Morgan fingerprint density at radius 1 is 1.25 bits per heavy atom. The van der Waals surface area contributed by atoms with Crippen molar-refractivity contribution in [2.75, 3.05) is 6.54 Å². The van der Waals surface area contributed by atoms with Crippen molar-refractivity contribution in [1.82, 2.24) is 20.1 Å². The molecule has 3 unspecified atom stereocenters. The predicted molar refractivity (Wildman–Crippen MR) is 77.2 cm³/mol. The third kappa shape index (κ3) is 2.88. The van der Waals surface area contributed by atoms with Crippen LogP contribution in [-0.2, 0) is 13.0 Å². The van der Waals surface area contributed by atoms with E-state index in [0.29, 0.717) is 12.0 Å². The molecule has 1 aromatic rings. The van der Waals surface area contributed by atoms with E-state index in [-0.39, 0.29) is 6.10 Å². The van der Waals surface area contributed by atoms with Gasteiger partial charge in [-0.1, -0.05) is 19.8 Å². The summed E-state index contributed by atoms with van der Waals surface area (Å²) < 4.78 is 0. The molecule has 2 N–H and O–H groups in total. The van der Waals surface area contributed by atoms with Gasteiger partial charge in [-0.3, -0.25) is 10.00 Å². The number of hydrogen-bond donors (Lipinski definition) is 2. The van der Waals surface area contributed by atoms with Crippen molar-refractivity contribution in [3.63, 3.8) is 0 Å².